The zero-order valence-electron chi connectivity index (χ0n) is 10.3. The van der Waals surface area contributed by atoms with Gasteiger partial charge in [-0.15, -0.1) is 11.6 Å². The summed E-state index contributed by atoms with van der Waals surface area (Å²) in [6.45, 7) is 0.137. The third kappa shape index (κ3) is 4.41. The molecule has 1 rings (SSSR count). The molecule has 0 heterocycles. The summed E-state index contributed by atoms with van der Waals surface area (Å²) in [7, 11) is 0. The molecule has 4 nitrogen and oxygen atoms in total. The van der Waals surface area contributed by atoms with Crippen LogP contribution < -0.4 is 10.6 Å². The number of benzene rings is 1. The van der Waals surface area contributed by atoms with Crippen molar-refractivity contribution < 1.29 is 22.8 Å². The van der Waals surface area contributed by atoms with Gasteiger partial charge in [0.05, 0.1) is 5.56 Å². The second-order valence-corrected chi connectivity index (χ2v) is 4.15. The fraction of sp³-hybridized carbons (Fsp3) is 0.333. The van der Waals surface area contributed by atoms with Crippen LogP contribution in [0.15, 0.2) is 12.1 Å². The van der Waals surface area contributed by atoms with Crippen LogP contribution in [0.5, 0.6) is 0 Å². The average molecular weight is 309 g/mol. The van der Waals surface area contributed by atoms with E-state index in [1.807, 2.05) is 0 Å². The highest BCUT2D eigenvalue weighted by atomic mass is 35.5. The molecule has 2 amide bonds. The molecular weight excluding hydrogens is 297 g/mol. The minimum absolute atomic E-state index is 0.0191. The molecule has 110 valence electrons. The van der Waals surface area contributed by atoms with Gasteiger partial charge in [0.15, 0.2) is 17.5 Å². The lowest BCUT2D eigenvalue weighted by atomic mass is 10.2. The first-order valence-electron chi connectivity index (χ1n) is 5.71. The second-order valence-electron chi connectivity index (χ2n) is 3.77. The number of carbonyl (C=O) groups excluding carboxylic acids is 2. The van der Waals surface area contributed by atoms with Gasteiger partial charge in [0.2, 0.25) is 5.91 Å². The molecule has 0 aromatic heterocycles. The summed E-state index contributed by atoms with van der Waals surface area (Å²) in [6, 6.07) is 1.50. The van der Waals surface area contributed by atoms with E-state index in [-0.39, 0.29) is 31.3 Å². The Morgan fingerprint density at radius 3 is 2.35 bits per heavy atom. The molecule has 20 heavy (non-hydrogen) atoms. The van der Waals surface area contributed by atoms with Gasteiger partial charge in [-0.2, -0.15) is 0 Å². The highest BCUT2D eigenvalue weighted by Gasteiger charge is 2.18. The Kier molecular flexibility index (Phi) is 6.30. The molecule has 0 fully saturated rings. The number of hydrogen-bond acceptors (Lipinski definition) is 2. The summed E-state index contributed by atoms with van der Waals surface area (Å²) in [5.74, 6) is -5.62. The predicted octanol–water partition coefficient (Wildman–Crippen LogP) is 1.58. The van der Waals surface area contributed by atoms with E-state index in [1.165, 1.54) is 0 Å². The largest absolute Gasteiger partial charge is 0.354 e. The van der Waals surface area contributed by atoms with Gasteiger partial charge in [0.25, 0.3) is 5.91 Å². The maximum Gasteiger partial charge on any atom is 0.254 e. The standard InChI is InChI=1S/C12H12ClF3N2O2/c13-4-3-9(19)17-5-6-18-12(20)7-1-2-8(14)11(16)10(7)15/h1-2H,3-6H2,(H,17,19)(H,18,20). The zero-order valence-corrected chi connectivity index (χ0v) is 11.1. The third-order valence-corrected chi connectivity index (χ3v) is 2.52. The van der Waals surface area contributed by atoms with Gasteiger partial charge >= 0.3 is 0 Å². The van der Waals surface area contributed by atoms with Crippen LogP contribution in [0.3, 0.4) is 0 Å². The van der Waals surface area contributed by atoms with Gasteiger partial charge in [-0.3, -0.25) is 9.59 Å². The maximum absolute atomic E-state index is 13.3. The first kappa shape index (κ1) is 16.3. The summed E-state index contributed by atoms with van der Waals surface area (Å²) in [5.41, 5.74) is -0.601. The number of carbonyl (C=O) groups is 2. The van der Waals surface area contributed by atoms with E-state index in [9.17, 15) is 22.8 Å². The quantitative estimate of drug-likeness (QED) is 0.476. The first-order chi connectivity index (χ1) is 9.47. The lowest BCUT2D eigenvalue weighted by Gasteiger charge is -2.07. The molecular formula is C12H12ClF3N2O2. The fourth-order valence-electron chi connectivity index (χ4n) is 1.35. The number of hydrogen-bond donors (Lipinski definition) is 2. The molecule has 0 aliphatic rings. The summed E-state index contributed by atoms with van der Waals surface area (Å²) >= 11 is 5.35. The van der Waals surface area contributed by atoms with Crippen molar-refractivity contribution in [3.05, 3.63) is 35.1 Å². The number of halogens is 4. The molecule has 0 saturated heterocycles. The Balaban J connectivity index is 2.48. The SMILES string of the molecule is O=C(CCCl)NCCNC(=O)c1ccc(F)c(F)c1F. The maximum atomic E-state index is 13.3. The van der Waals surface area contributed by atoms with Crippen molar-refractivity contribution in [3.63, 3.8) is 0 Å². The molecule has 1 aromatic rings. The number of alkyl halides is 1. The highest BCUT2D eigenvalue weighted by molar-refractivity contribution is 6.18. The van der Waals surface area contributed by atoms with E-state index in [4.69, 9.17) is 11.6 Å². The van der Waals surface area contributed by atoms with Crippen molar-refractivity contribution in [1.82, 2.24) is 10.6 Å². The van der Waals surface area contributed by atoms with Crippen LogP contribution in [0.25, 0.3) is 0 Å². The van der Waals surface area contributed by atoms with E-state index < -0.39 is 28.9 Å². The molecule has 0 radical (unpaired) electrons. The Labute approximate surface area is 118 Å². The molecule has 0 aliphatic heterocycles. The van der Waals surface area contributed by atoms with E-state index in [0.29, 0.717) is 6.07 Å². The lowest BCUT2D eigenvalue weighted by Crippen LogP contribution is -2.35. The van der Waals surface area contributed by atoms with E-state index in [0.717, 1.165) is 6.07 Å². The van der Waals surface area contributed by atoms with Crippen LogP contribution in [0.2, 0.25) is 0 Å². The van der Waals surface area contributed by atoms with Crippen LogP contribution in [0.4, 0.5) is 13.2 Å². The predicted molar refractivity (Wildman–Crippen MR) is 67.0 cm³/mol. The van der Waals surface area contributed by atoms with Crippen LogP contribution in [-0.2, 0) is 4.79 Å². The smallest absolute Gasteiger partial charge is 0.254 e. The molecule has 0 aliphatic carbocycles. The Morgan fingerprint density at radius 2 is 1.70 bits per heavy atom. The molecule has 0 unspecified atom stereocenters. The van der Waals surface area contributed by atoms with Crippen LogP contribution in [-0.4, -0.2) is 30.8 Å². The van der Waals surface area contributed by atoms with Gasteiger partial charge in [-0.1, -0.05) is 0 Å². The van der Waals surface area contributed by atoms with E-state index >= 15 is 0 Å². The third-order valence-electron chi connectivity index (χ3n) is 2.33. The molecule has 0 spiro atoms. The van der Waals surface area contributed by atoms with Crippen LogP contribution >= 0.6 is 11.6 Å². The van der Waals surface area contributed by atoms with Crippen molar-refractivity contribution in [2.45, 2.75) is 6.42 Å². The number of rotatable bonds is 6. The van der Waals surface area contributed by atoms with Crippen LogP contribution in [0, 0.1) is 17.5 Å². The summed E-state index contributed by atoms with van der Waals surface area (Å²) in [6.07, 6.45) is 0.146. The van der Waals surface area contributed by atoms with Gasteiger partial charge in [-0.25, -0.2) is 13.2 Å². The minimum Gasteiger partial charge on any atom is -0.354 e. The Bertz CT molecular complexity index is 512. The Hall–Kier alpha value is -1.76. The van der Waals surface area contributed by atoms with Crippen molar-refractivity contribution in [1.29, 1.82) is 0 Å². The van der Waals surface area contributed by atoms with Crippen molar-refractivity contribution in [2.75, 3.05) is 19.0 Å². The molecule has 2 N–H and O–H groups in total. The Morgan fingerprint density at radius 1 is 1.05 bits per heavy atom. The second kappa shape index (κ2) is 7.74. The zero-order chi connectivity index (χ0) is 15.1. The van der Waals surface area contributed by atoms with E-state index in [2.05, 4.69) is 10.6 Å². The average Bonchev–Trinajstić information content (AvgIpc) is 2.41. The summed E-state index contributed by atoms with van der Waals surface area (Å²) in [4.78, 5) is 22.6. The normalized spacial score (nSPS) is 10.2. The number of nitrogens with one attached hydrogen (secondary N) is 2. The van der Waals surface area contributed by atoms with Crippen molar-refractivity contribution in [3.8, 4) is 0 Å². The fourth-order valence-corrected chi connectivity index (χ4v) is 1.52. The van der Waals surface area contributed by atoms with Crippen molar-refractivity contribution in [2.24, 2.45) is 0 Å². The van der Waals surface area contributed by atoms with Gasteiger partial charge < -0.3 is 10.6 Å². The topological polar surface area (TPSA) is 58.2 Å². The number of amides is 2. The molecule has 0 saturated carbocycles. The first-order valence-corrected chi connectivity index (χ1v) is 6.25. The van der Waals surface area contributed by atoms with Crippen molar-refractivity contribution >= 4 is 23.4 Å². The highest BCUT2D eigenvalue weighted by Crippen LogP contribution is 2.14. The molecule has 8 heteroatoms. The lowest BCUT2D eigenvalue weighted by molar-refractivity contribution is -0.120. The van der Waals surface area contributed by atoms with Crippen LogP contribution in [0.1, 0.15) is 16.8 Å². The minimum atomic E-state index is -1.70. The van der Waals surface area contributed by atoms with Gasteiger partial charge in [-0.05, 0) is 12.1 Å². The van der Waals surface area contributed by atoms with Gasteiger partial charge in [0, 0.05) is 25.4 Å². The molecule has 0 bridgehead atoms. The summed E-state index contributed by atoms with van der Waals surface area (Å²) < 4.78 is 38.9. The van der Waals surface area contributed by atoms with Gasteiger partial charge in [0.1, 0.15) is 0 Å². The monoisotopic (exact) mass is 308 g/mol. The van der Waals surface area contributed by atoms with E-state index in [1.54, 1.807) is 0 Å². The molecule has 0 atom stereocenters. The molecule has 1 aromatic carbocycles. The summed E-state index contributed by atoms with van der Waals surface area (Å²) in [5, 5.41) is 4.73.